The van der Waals surface area contributed by atoms with E-state index in [1.165, 1.54) is 4.90 Å². The molecule has 5 nitrogen and oxygen atoms in total. The Kier molecular flexibility index (Phi) is 5.60. The summed E-state index contributed by atoms with van der Waals surface area (Å²) in [6.45, 7) is 2.71. The number of hydrogen-bond acceptors (Lipinski definition) is 3. The van der Waals surface area contributed by atoms with E-state index in [4.69, 9.17) is 9.84 Å². The molecule has 0 aromatic heterocycles. The summed E-state index contributed by atoms with van der Waals surface area (Å²) in [6.07, 6.45) is 1.84. The molecule has 0 fully saturated rings. The van der Waals surface area contributed by atoms with Crippen LogP contribution in [-0.2, 0) is 9.59 Å². The molecule has 1 aromatic carbocycles. The average Bonchev–Trinajstić information content (AvgIpc) is 2.35. The van der Waals surface area contributed by atoms with Crippen LogP contribution in [0.25, 0.3) is 0 Å². The van der Waals surface area contributed by atoms with Gasteiger partial charge in [-0.1, -0.05) is 12.1 Å². The van der Waals surface area contributed by atoms with Gasteiger partial charge in [0, 0.05) is 19.2 Å². The van der Waals surface area contributed by atoms with Gasteiger partial charge in [-0.3, -0.25) is 4.79 Å². The van der Waals surface area contributed by atoms with Crippen LogP contribution in [0, 0.1) is 6.92 Å². The maximum absolute atomic E-state index is 11.5. The van der Waals surface area contributed by atoms with Gasteiger partial charge in [0.15, 0.2) is 0 Å². The van der Waals surface area contributed by atoms with E-state index in [0.29, 0.717) is 13.2 Å². The molecule has 0 unspecified atom stereocenters. The fourth-order valence-electron chi connectivity index (χ4n) is 1.39. The van der Waals surface area contributed by atoms with Crippen molar-refractivity contribution >= 4 is 11.9 Å². The quantitative estimate of drug-likeness (QED) is 0.789. The minimum atomic E-state index is -1.14. The smallest absolute Gasteiger partial charge is 0.328 e. The number of carboxylic acids is 1. The number of likely N-dealkylation sites (N-methyl/N-ethyl adjacent to an activating group) is 1. The van der Waals surface area contributed by atoms with Crippen LogP contribution in [-0.4, -0.2) is 42.1 Å². The highest BCUT2D eigenvalue weighted by molar-refractivity contribution is 5.93. The zero-order valence-corrected chi connectivity index (χ0v) is 11.0. The van der Waals surface area contributed by atoms with E-state index in [1.807, 2.05) is 31.2 Å². The predicted octanol–water partition coefficient (Wildman–Crippen LogP) is 1.47. The lowest BCUT2D eigenvalue weighted by Crippen LogP contribution is -2.29. The van der Waals surface area contributed by atoms with Crippen LogP contribution in [0.2, 0.25) is 0 Å². The van der Waals surface area contributed by atoms with Crippen LogP contribution < -0.4 is 4.74 Å². The van der Waals surface area contributed by atoms with Gasteiger partial charge in [0.05, 0.1) is 6.54 Å². The Morgan fingerprint density at radius 2 is 2.11 bits per heavy atom. The van der Waals surface area contributed by atoms with Gasteiger partial charge in [-0.25, -0.2) is 4.79 Å². The first-order valence-corrected chi connectivity index (χ1v) is 5.84. The molecular weight excluding hydrogens is 246 g/mol. The molecule has 5 heteroatoms. The van der Waals surface area contributed by atoms with E-state index in [-0.39, 0.29) is 5.91 Å². The lowest BCUT2D eigenvalue weighted by Gasteiger charge is -2.15. The number of carbonyl (C=O) groups excluding carboxylic acids is 1. The third-order valence-electron chi connectivity index (χ3n) is 2.43. The highest BCUT2D eigenvalue weighted by Crippen LogP contribution is 2.11. The van der Waals surface area contributed by atoms with Crippen LogP contribution >= 0.6 is 0 Å². The van der Waals surface area contributed by atoms with E-state index < -0.39 is 5.97 Å². The Morgan fingerprint density at radius 3 is 2.74 bits per heavy atom. The summed E-state index contributed by atoms with van der Waals surface area (Å²) < 4.78 is 5.50. The molecule has 1 amide bonds. The fraction of sp³-hybridized carbons (Fsp3) is 0.286. The van der Waals surface area contributed by atoms with Crippen LogP contribution in [0.3, 0.4) is 0 Å². The van der Waals surface area contributed by atoms with E-state index in [9.17, 15) is 9.59 Å². The first kappa shape index (κ1) is 14.8. The van der Waals surface area contributed by atoms with Crippen LogP contribution in [0.1, 0.15) is 5.56 Å². The van der Waals surface area contributed by atoms with E-state index in [1.54, 1.807) is 7.05 Å². The van der Waals surface area contributed by atoms with Gasteiger partial charge in [-0.05, 0) is 24.6 Å². The van der Waals surface area contributed by atoms with E-state index in [2.05, 4.69) is 0 Å². The Balaban J connectivity index is 2.36. The van der Waals surface area contributed by atoms with Crippen molar-refractivity contribution in [1.82, 2.24) is 4.90 Å². The second-order valence-electron chi connectivity index (χ2n) is 4.10. The number of aryl methyl sites for hydroxylation is 1. The number of carbonyl (C=O) groups is 2. The molecule has 0 aliphatic rings. The van der Waals surface area contributed by atoms with Crippen molar-refractivity contribution in [3.63, 3.8) is 0 Å². The molecule has 0 aliphatic carbocycles. The number of ether oxygens (including phenoxy) is 1. The van der Waals surface area contributed by atoms with Crippen molar-refractivity contribution in [2.75, 3.05) is 20.2 Å². The summed E-state index contributed by atoms with van der Waals surface area (Å²) in [5, 5.41) is 8.41. The van der Waals surface area contributed by atoms with Crippen molar-refractivity contribution < 1.29 is 19.4 Å². The number of aliphatic carboxylic acids is 1. The molecule has 0 bridgehead atoms. The van der Waals surface area contributed by atoms with Gasteiger partial charge in [0.2, 0.25) is 5.91 Å². The summed E-state index contributed by atoms with van der Waals surface area (Å²) in [6, 6.07) is 7.62. The number of benzene rings is 1. The van der Waals surface area contributed by atoms with Crippen LogP contribution in [0.4, 0.5) is 0 Å². The zero-order chi connectivity index (χ0) is 14.3. The number of amides is 1. The molecule has 0 spiro atoms. The summed E-state index contributed by atoms with van der Waals surface area (Å²) in [5.74, 6) is -0.755. The maximum Gasteiger partial charge on any atom is 0.328 e. The minimum absolute atomic E-state index is 0.354. The first-order valence-electron chi connectivity index (χ1n) is 5.84. The normalized spacial score (nSPS) is 10.4. The second-order valence-corrected chi connectivity index (χ2v) is 4.10. The van der Waals surface area contributed by atoms with E-state index in [0.717, 1.165) is 23.5 Å². The largest absolute Gasteiger partial charge is 0.492 e. The third-order valence-corrected chi connectivity index (χ3v) is 2.43. The van der Waals surface area contributed by atoms with Gasteiger partial charge in [0.25, 0.3) is 0 Å². The predicted molar refractivity (Wildman–Crippen MR) is 71.1 cm³/mol. The molecule has 19 heavy (non-hydrogen) atoms. The number of nitrogens with zero attached hydrogens (tertiary/aromatic N) is 1. The Labute approximate surface area is 112 Å². The third kappa shape index (κ3) is 5.72. The van der Waals surface area contributed by atoms with Crippen molar-refractivity contribution in [3.8, 4) is 5.75 Å². The molecular formula is C14H17NO4. The zero-order valence-electron chi connectivity index (χ0n) is 11.0. The highest BCUT2D eigenvalue weighted by Gasteiger charge is 2.05. The molecule has 0 saturated heterocycles. The molecule has 102 valence electrons. The summed E-state index contributed by atoms with van der Waals surface area (Å²) >= 11 is 0. The lowest BCUT2D eigenvalue weighted by molar-refractivity contribution is -0.132. The number of rotatable bonds is 6. The Hall–Kier alpha value is -2.30. The molecule has 0 aliphatic heterocycles. The van der Waals surface area contributed by atoms with Gasteiger partial charge >= 0.3 is 5.97 Å². The molecule has 0 radical (unpaired) electrons. The minimum Gasteiger partial charge on any atom is -0.492 e. The molecule has 0 heterocycles. The Bertz CT molecular complexity index is 482. The molecule has 1 N–H and O–H groups in total. The maximum atomic E-state index is 11.5. The summed E-state index contributed by atoms with van der Waals surface area (Å²) in [7, 11) is 1.59. The first-order chi connectivity index (χ1) is 8.99. The average molecular weight is 263 g/mol. The second kappa shape index (κ2) is 7.20. The van der Waals surface area contributed by atoms with Crippen molar-refractivity contribution in [2.24, 2.45) is 0 Å². The van der Waals surface area contributed by atoms with Crippen molar-refractivity contribution in [3.05, 3.63) is 42.0 Å². The summed E-state index contributed by atoms with van der Waals surface area (Å²) in [4.78, 5) is 23.1. The molecule has 1 rings (SSSR count). The van der Waals surface area contributed by atoms with Crippen LogP contribution in [0.5, 0.6) is 5.75 Å². The van der Waals surface area contributed by atoms with Crippen LogP contribution in [0.15, 0.2) is 36.4 Å². The molecule has 0 atom stereocenters. The Morgan fingerprint density at radius 1 is 1.37 bits per heavy atom. The van der Waals surface area contributed by atoms with Gasteiger partial charge in [-0.2, -0.15) is 0 Å². The fourth-order valence-corrected chi connectivity index (χ4v) is 1.39. The van der Waals surface area contributed by atoms with Crippen molar-refractivity contribution in [2.45, 2.75) is 6.92 Å². The van der Waals surface area contributed by atoms with E-state index >= 15 is 0 Å². The monoisotopic (exact) mass is 263 g/mol. The lowest BCUT2D eigenvalue weighted by atomic mass is 10.2. The van der Waals surface area contributed by atoms with Gasteiger partial charge in [0.1, 0.15) is 12.4 Å². The van der Waals surface area contributed by atoms with Gasteiger partial charge < -0.3 is 14.7 Å². The molecule has 0 saturated carbocycles. The SMILES string of the molecule is Cc1cccc(OCCN(C)C(=O)/C=C/C(=O)O)c1. The highest BCUT2D eigenvalue weighted by atomic mass is 16.5. The number of hydrogen-bond donors (Lipinski definition) is 1. The molecule has 1 aromatic rings. The van der Waals surface area contributed by atoms with Gasteiger partial charge in [-0.15, -0.1) is 0 Å². The number of carboxylic acid groups (broad SMARTS) is 1. The topological polar surface area (TPSA) is 66.8 Å². The standard InChI is InChI=1S/C14H17NO4/c1-11-4-3-5-12(10-11)19-9-8-15(2)13(16)6-7-14(17)18/h3-7,10H,8-9H2,1-2H3,(H,17,18)/b7-6+. The summed E-state index contributed by atoms with van der Waals surface area (Å²) in [5.41, 5.74) is 1.10. The van der Waals surface area contributed by atoms with Crippen molar-refractivity contribution in [1.29, 1.82) is 0 Å².